The lowest BCUT2D eigenvalue weighted by Crippen LogP contribution is -1.74. The van der Waals surface area contributed by atoms with E-state index in [4.69, 9.17) is 11.6 Å². The molecule has 0 bridgehead atoms. The molecule has 0 radical (unpaired) electrons. The molecule has 1 aromatic carbocycles. The van der Waals surface area contributed by atoms with Gasteiger partial charge in [0.1, 0.15) is 0 Å². The van der Waals surface area contributed by atoms with Crippen LogP contribution < -0.4 is 0 Å². The highest BCUT2D eigenvalue weighted by Crippen LogP contribution is 2.02. The molecule has 0 fully saturated rings. The van der Waals surface area contributed by atoms with E-state index in [0.29, 0.717) is 0 Å². The van der Waals surface area contributed by atoms with Crippen LogP contribution in [0.1, 0.15) is 37.3 Å². The van der Waals surface area contributed by atoms with E-state index >= 15 is 0 Å². The van der Waals surface area contributed by atoms with Crippen molar-refractivity contribution < 1.29 is 0 Å². The molecule has 0 spiro atoms. The largest absolute Gasteiger partial charge is 0.127 e. The first-order valence-corrected chi connectivity index (χ1v) is 5.84. The summed E-state index contributed by atoms with van der Waals surface area (Å²) in [4.78, 5) is 0. The number of hydrogen-bond donors (Lipinski definition) is 0. The van der Waals surface area contributed by atoms with Gasteiger partial charge in [-0.1, -0.05) is 44.0 Å². The van der Waals surface area contributed by atoms with Gasteiger partial charge in [-0.05, 0) is 31.4 Å². The van der Waals surface area contributed by atoms with Crippen molar-refractivity contribution in [1.82, 2.24) is 0 Å². The number of benzene rings is 1. The van der Waals surface area contributed by atoms with Gasteiger partial charge in [-0.2, -0.15) is 0 Å². The van der Waals surface area contributed by atoms with E-state index in [0.717, 1.165) is 5.88 Å². The average Bonchev–Trinajstić information content (AvgIpc) is 2.20. The molecule has 0 aliphatic carbocycles. The maximum atomic E-state index is 5.38. The highest BCUT2D eigenvalue weighted by atomic mass is 35.5. The lowest BCUT2D eigenvalue weighted by Gasteiger charge is -1.93. The Bertz CT molecular complexity index is 205. The molecule has 0 saturated carbocycles. The molecule has 80 valence electrons. The molecule has 0 atom stereocenters. The van der Waals surface area contributed by atoms with Gasteiger partial charge in [0.15, 0.2) is 0 Å². The molecule has 0 amide bonds. The number of aryl methyl sites for hydroxylation is 2. The van der Waals surface area contributed by atoms with E-state index in [1.165, 1.54) is 30.4 Å². The van der Waals surface area contributed by atoms with Crippen LogP contribution in [-0.2, 0) is 0 Å². The maximum absolute atomic E-state index is 5.38. The van der Waals surface area contributed by atoms with E-state index in [1.54, 1.807) is 0 Å². The van der Waals surface area contributed by atoms with E-state index in [-0.39, 0.29) is 0 Å². The van der Waals surface area contributed by atoms with Crippen molar-refractivity contribution in [3.8, 4) is 0 Å². The number of rotatable bonds is 3. The first-order valence-electron chi connectivity index (χ1n) is 5.30. The van der Waals surface area contributed by atoms with Gasteiger partial charge >= 0.3 is 0 Å². The van der Waals surface area contributed by atoms with Gasteiger partial charge in [0, 0.05) is 5.88 Å². The molecule has 0 nitrogen and oxygen atoms in total. The van der Waals surface area contributed by atoms with E-state index in [9.17, 15) is 0 Å². The zero-order valence-corrected chi connectivity index (χ0v) is 10.3. The van der Waals surface area contributed by atoms with Crippen LogP contribution in [0, 0.1) is 13.8 Å². The van der Waals surface area contributed by atoms with Crippen molar-refractivity contribution >= 4 is 11.6 Å². The molecule has 0 heterocycles. The van der Waals surface area contributed by atoms with Crippen LogP contribution in [0.3, 0.4) is 0 Å². The summed E-state index contributed by atoms with van der Waals surface area (Å²) in [7, 11) is 0. The smallest absolute Gasteiger partial charge is 0.0223 e. The average molecular weight is 213 g/mol. The van der Waals surface area contributed by atoms with Crippen LogP contribution in [0.2, 0.25) is 0 Å². The summed E-state index contributed by atoms with van der Waals surface area (Å²) in [6.07, 6.45) is 3.73. The lowest BCUT2D eigenvalue weighted by molar-refractivity contribution is 0.776. The van der Waals surface area contributed by atoms with Crippen molar-refractivity contribution in [2.75, 3.05) is 5.88 Å². The Hall–Kier alpha value is -0.490. The molecule has 0 aliphatic rings. The quantitative estimate of drug-likeness (QED) is 0.503. The van der Waals surface area contributed by atoms with Gasteiger partial charge in [-0.3, -0.25) is 0 Å². The van der Waals surface area contributed by atoms with Crippen molar-refractivity contribution in [1.29, 1.82) is 0 Å². The second-order valence-corrected chi connectivity index (χ2v) is 3.86. The normalized spacial score (nSPS) is 9.14. The third-order valence-electron chi connectivity index (χ3n) is 2.16. The molecular formula is C13H21Cl. The van der Waals surface area contributed by atoms with Crippen molar-refractivity contribution in [3.05, 3.63) is 35.4 Å². The Labute approximate surface area is 93.3 Å². The molecule has 0 aliphatic heterocycles. The van der Waals surface area contributed by atoms with Crippen LogP contribution in [0.25, 0.3) is 0 Å². The van der Waals surface area contributed by atoms with Crippen LogP contribution in [-0.4, -0.2) is 5.88 Å². The van der Waals surface area contributed by atoms with Gasteiger partial charge in [-0.25, -0.2) is 0 Å². The zero-order valence-electron chi connectivity index (χ0n) is 9.52. The summed E-state index contributed by atoms with van der Waals surface area (Å²) in [6, 6.07) is 8.36. The second-order valence-electron chi connectivity index (χ2n) is 3.48. The molecule has 0 aromatic heterocycles. The summed E-state index contributed by atoms with van der Waals surface area (Å²) in [5, 5.41) is 0. The van der Waals surface area contributed by atoms with Crippen molar-refractivity contribution in [2.45, 2.75) is 40.0 Å². The monoisotopic (exact) mass is 212 g/mol. The van der Waals surface area contributed by atoms with Crippen molar-refractivity contribution in [3.63, 3.8) is 0 Å². The minimum absolute atomic E-state index is 0.827. The minimum atomic E-state index is 0.827. The van der Waals surface area contributed by atoms with Gasteiger partial charge in [-0.15, -0.1) is 11.6 Å². The van der Waals surface area contributed by atoms with E-state index < -0.39 is 0 Å². The van der Waals surface area contributed by atoms with Crippen LogP contribution in [0.4, 0.5) is 0 Å². The fourth-order valence-electron chi connectivity index (χ4n) is 1.01. The summed E-state index contributed by atoms with van der Waals surface area (Å²) < 4.78 is 0. The standard InChI is InChI=1S/C8H10.C5H11Cl/c1-7-5-3-4-6-8(7)2;1-2-3-4-5-6/h3-6H,1-2H3;2-5H2,1H3. The third kappa shape index (κ3) is 6.97. The molecule has 14 heavy (non-hydrogen) atoms. The Balaban J connectivity index is 0.000000255. The molecule has 0 N–H and O–H groups in total. The van der Waals surface area contributed by atoms with Gasteiger partial charge in [0.05, 0.1) is 0 Å². The Morgan fingerprint density at radius 1 is 1.00 bits per heavy atom. The minimum Gasteiger partial charge on any atom is -0.127 e. The molecule has 1 heteroatoms. The highest BCUT2D eigenvalue weighted by molar-refractivity contribution is 6.17. The highest BCUT2D eigenvalue weighted by Gasteiger charge is 1.83. The lowest BCUT2D eigenvalue weighted by atomic mass is 10.1. The number of halogens is 1. The molecule has 1 rings (SSSR count). The molecule has 1 aromatic rings. The predicted molar refractivity (Wildman–Crippen MR) is 66.2 cm³/mol. The third-order valence-corrected chi connectivity index (χ3v) is 2.43. The van der Waals surface area contributed by atoms with Gasteiger partial charge in [0.25, 0.3) is 0 Å². The Morgan fingerprint density at radius 2 is 1.50 bits per heavy atom. The van der Waals surface area contributed by atoms with Crippen LogP contribution in [0.5, 0.6) is 0 Å². The molecular weight excluding hydrogens is 192 g/mol. The topological polar surface area (TPSA) is 0 Å². The predicted octanol–water partition coefficient (Wildman–Crippen LogP) is 4.72. The maximum Gasteiger partial charge on any atom is 0.0223 e. The Morgan fingerprint density at radius 3 is 1.71 bits per heavy atom. The molecule has 0 saturated heterocycles. The summed E-state index contributed by atoms with van der Waals surface area (Å²) >= 11 is 5.38. The summed E-state index contributed by atoms with van der Waals surface area (Å²) in [5.74, 6) is 0.827. The summed E-state index contributed by atoms with van der Waals surface area (Å²) in [6.45, 7) is 6.41. The Kier molecular flexibility index (Phi) is 8.76. The fraction of sp³-hybridized carbons (Fsp3) is 0.538. The zero-order chi connectivity index (χ0) is 10.8. The first-order chi connectivity index (χ1) is 6.72. The van der Waals surface area contributed by atoms with Crippen LogP contribution in [0.15, 0.2) is 24.3 Å². The second kappa shape index (κ2) is 9.08. The summed E-state index contributed by atoms with van der Waals surface area (Å²) in [5.41, 5.74) is 2.74. The number of alkyl halides is 1. The number of unbranched alkanes of at least 4 members (excludes halogenated alkanes) is 2. The van der Waals surface area contributed by atoms with Crippen LogP contribution >= 0.6 is 11.6 Å². The van der Waals surface area contributed by atoms with E-state index in [2.05, 4.69) is 45.0 Å². The van der Waals surface area contributed by atoms with Crippen molar-refractivity contribution in [2.24, 2.45) is 0 Å². The molecule has 0 unspecified atom stereocenters. The van der Waals surface area contributed by atoms with Gasteiger partial charge < -0.3 is 0 Å². The van der Waals surface area contributed by atoms with Gasteiger partial charge in [0.2, 0.25) is 0 Å². The fourth-order valence-corrected chi connectivity index (χ4v) is 1.20. The first kappa shape index (κ1) is 13.5. The number of hydrogen-bond acceptors (Lipinski definition) is 0. The SMILES string of the molecule is CCCCCCl.Cc1ccccc1C. The van der Waals surface area contributed by atoms with E-state index in [1.807, 2.05) is 0 Å².